The maximum absolute atomic E-state index is 12.3. The third-order valence-electron chi connectivity index (χ3n) is 3.49. The summed E-state index contributed by atoms with van der Waals surface area (Å²) in [6.45, 7) is 4.51. The molecule has 5 nitrogen and oxygen atoms in total. The number of aromatic nitrogens is 2. The quantitative estimate of drug-likeness (QED) is 0.935. The molecule has 1 unspecified atom stereocenters. The van der Waals surface area contributed by atoms with Crippen LogP contribution >= 0.6 is 11.3 Å². The third-order valence-corrected chi connectivity index (χ3v) is 4.40. The highest BCUT2D eigenvalue weighted by Crippen LogP contribution is 2.21. The van der Waals surface area contributed by atoms with E-state index in [0.29, 0.717) is 12.5 Å². The summed E-state index contributed by atoms with van der Waals surface area (Å²) in [5.41, 5.74) is 1.69. The number of hydrogen-bond donors (Lipinski definition) is 1. The highest BCUT2D eigenvalue weighted by Gasteiger charge is 2.21. The van der Waals surface area contributed by atoms with Crippen molar-refractivity contribution in [1.82, 2.24) is 20.2 Å². The van der Waals surface area contributed by atoms with E-state index in [4.69, 9.17) is 0 Å². The van der Waals surface area contributed by atoms with Crippen molar-refractivity contribution in [2.75, 3.05) is 19.6 Å². The molecule has 0 spiro atoms. The summed E-state index contributed by atoms with van der Waals surface area (Å²) < 4.78 is 0. The molecule has 2 aromatic rings. The second-order valence-corrected chi connectivity index (χ2v) is 6.09. The van der Waals surface area contributed by atoms with Gasteiger partial charge in [0.05, 0.1) is 17.8 Å². The van der Waals surface area contributed by atoms with E-state index < -0.39 is 0 Å². The third kappa shape index (κ3) is 3.46. The molecular weight excluding hydrogens is 284 g/mol. The van der Waals surface area contributed by atoms with Crippen molar-refractivity contribution in [2.24, 2.45) is 0 Å². The van der Waals surface area contributed by atoms with E-state index in [1.54, 1.807) is 6.20 Å². The second-order valence-electron chi connectivity index (χ2n) is 5.23. The van der Waals surface area contributed by atoms with Crippen molar-refractivity contribution in [3.05, 3.63) is 35.5 Å². The Hall–Kier alpha value is -1.79. The van der Waals surface area contributed by atoms with Crippen molar-refractivity contribution in [1.29, 1.82) is 0 Å². The van der Waals surface area contributed by atoms with Gasteiger partial charge in [0.25, 0.3) is 0 Å². The maximum atomic E-state index is 12.3. The number of nitrogens with one attached hydrogen (secondary N) is 1. The molecule has 1 amide bonds. The normalized spacial score (nSPS) is 18.7. The number of amides is 1. The Bertz CT molecular complexity index is 613. The van der Waals surface area contributed by atoms with Gasteiger partial charge in [-0.2, -0.15) is 0 Å². The molecule has 21 heavy (non-hydrogen) atoms. The Morgan fingerprint density at radius 2 is 2.43 bits per heavy atom. The highest BCUT2D eigenvalue weighted by atomic mass is 32.1. The number of nitrogens with zero attached hydrogens (tertiary/aromatic N) is 3. The van der Waals surface area contributed by atoms with Gasteiger partial charge in [-0.1, -0.05) is 6.07 Å². The molecule has 0 saturated carbocycles. The minimum Gasteiger partial charge on any atom is -0.340 e. The molecule has 1 N–H and O–H groups in total. The lowest BCUT2D eigenvalue weighted by molar-refractivity contribution is -0.131. The SMILES string of the molecule is CC1CN(C(=O)Cc2csc(-c3ccccn3)n2)CCN1. The first-order valence-electron chi connectivity index (χ1n) is 7.09. The van der Waals surface area contributed by atoms with Gasteiger partial charge in [0, 0.05) is 37.3 Å². The summed E-state index contributed by atoms with van der Waals surface area (Å²) in [4.78, 5) is 23.0. The summed E-state index contributed by atoms with van der Waals surface area (Å²) in [7, 11) is 0. The Kier molecular flexibility index (Phi) is 4.26. The number of piperazine rings is 1. The molecule has 0 aromatic carbocycles. The van der Waals surface area contributed by atoms with Crippen molar-refractivity contribution in [3.63, 3.8) is 0 Å². The van der Waals surface area contributed by atoms with Gasteiger partial charge in [-0.3, -0.25) is 9.78 Å². The lowest BCUT2D eigenvalue weighted by atomic mass is 10.2. The van der Waals surface area contributed by atoms with Gasteiger partial charge in [0.1, 0.15) is 5.01 Å². The first-order valence-corrected chi connectivity index (χ1v) is 7.97. The first-order chi connectivity index (χ1) is 10.2. The summed E-state index contributed by atoms with van der Waals surface area (Å²) >= 11 is 1.54. The molecule has 3 heterocycles. The molecule has 1 aliphatic heterocycles. The predicted molar refractivity (Wildman–Crippen MR) is 83.1 cm³/mol. The summed E-state index contributed by atoms with van der Waals surface area (Å²) in [5.74, 6) is 0.154. The standard InChI is InChI=1S/C15H18N4OS/c1-11-9-19(7-6-16-11)14(20)8-12-10-21-15(18-12)13-4-2-3-5-17-13/h2-5,10-11,16H,6-9H2,1H3. The molecular formula is C15H18N4OS. The van der Waals surface area contributed by atoms with E-state index in [1.807, 2.05) is 28.5 Å². The van der Waals surface area contributed by atoms with Crippen molar-refractivity contribution < 1.29 is 4.79 Å². The molecule has 1 atom stereocenters. The van der Waals surface area contributed by atoms with Gasteiger partial charge in [-0.25, -0.2) is 4.98 Å². The second kappa shape index (κ2) is 6.32. The molecule has 0 radical (unpaired) electrons. The Morgan fingerprint density at radius 3 is 3.19 bits per heavy atom. The minimum atomic E-state index is 0.154. The summed E-state index contributed by atoms with van der Waals surface area (Å²) in [5, 5.41) is 6.16. The van der Waals surface area contributed by atoms with E-state index in [-0.39, 0.29) is 5.91 Å². The monoisotopic (exact) mass is 302 g/mol. The number of carbonyl (C=O) groups is 1. The Balaban J connectivity index is 1.66. The molecule has 2 aromatic heterocycles. The van der Waals surface area contributed by atoms with Crippen LogP contribution in [0.5, 0.6) is 0 Å². The molecule has 110 valence electrons. The van der Waals surface area contributed by atoms with Crippen LogP contribution in [0.15, 0.2) is 29.8 Å². The number of thiazole rings is 1. The van der Waals surface area contributed by atoms with Crippen LogP contribution in [0, 0.1) is 0 Å². The van der Waals surface area contributed by atoms with Crippen molar-refractivity contribution in [3.8, 4) is 10.7 Å². The van der Waals surface area contributed by atoms with Crippen LogP contribution in [-0.4, -0.2) is 46.5 Å². The largest absolute Gasteiger partial charge is 0.340 e. The zero-order valence-corrected chi connectivity index (χ0v) is 12.8. The lowest BCUT2D eigenvalue weighted by Gasteiger charge is -2.31. The minimum absolute atomic E-state index is 0.154. The van der Waals surface area contributed by atoms with E-state index in [2.05, 4.69) is 22.2 Å². The van der Waals surface area contributed by atoms with E-state index in [0.717, 1.165) is 36.0 Å². The van der Waals surface area contributed by atoms with Crippen LogP contribution in [0.2, 0.25) is 0 Å². The van der Waals surface area contributed by atoms with Gasteiger partial charge in [-0.05, 0) is 19.1 Å². The molecule has 1 saturated heterocycles. The highest BCUT2D eigenvalue weighted by molar-refractivity contribution is 7.13. The molecule has 0 bridgehead atoms. The predicted octanol–water partition coefficient (Wildman–Crippen LogP) is 1.57. The molecule has 3 rings (SSSR count). The fraction of sp³-hybridized carbons (Fsp3) is 0.400. The van der Waals surface area contributed by atoms with Crippen LogP contribution < -0.4 is 5.32 Å². The Labute approximate surface area is 128 Å². The summed E-state index contributed by atoms with van der Waals surface area (Å²) in [6, 6.07) is 6.12. The number of carbonyl (C=O) groups excluding carboxylic acids is 1. The van der Waals surface area contributed by atoms with Gasteiger partial charge in [0.2, 0.25) is 5.91 Å². The lowest BCUT2D eigenvalue weighted by Crippen LogP contribution is -2.51. The van der Waals surface area contributed by atoms with Gasteiger partial charge in [-0.15, -0.1) is 11.3 Å². The van der Waals surface area contributed by atoms with E-state index in [1.165, 1.54) is 11.3 Å². The van der Waals surface area contributed by atoms with Crippen LogP contribution in [-0.2, 0) is 11.2 Å². The van der Waals surface area contributed by atoms with Crippen LogP contribution in [0.4, 0.5) is 0 Å². The van der Waals surface area contributed by atoms with Crippen molar-refractivity contribution >= 4 is 17.2 Å². The Morgan fingerprint density at radius 1 is 1.52 bits per heavy atom. The average molecular weight is 302 g/mol. The zero-order chi connectivity index (χ0) is 14.7. The molecule has 1 fully saturated rings. The average Bonchev–Trinajstić information content (AvgIpc) is 2.97. The summed E-state index contributed by atoms with van der Waals surface area (Å²) in [6.07, 6.45) is 2.12. The first kappa shape index (κ1) is 14.2. The van der Waals surface area contributed by atoms with E-state index >= 15 is 0 Å². The van der Waals surface area contributed by atoms with Crippen LogP contribution in [0.1, 0.15) is 12.6 Å². The smallest absolute Gasteiger partial charge is 0.228 e. The fourth-order valence-corrected chi connectivity index (χ4v) is 3.22. The topological polar surface area (TPSA) is 58.1 Å². The van der Waals surface area contributed by atoms with Crippen molar-refractivity contribution in [2.45, 2.75) is 19.4 Å². The van der Waals surface area contributed by atoms with Gasteiger partial charge < -0.3 is 10.2 Å². The molecule has 0 aliphatic carbocycles. The van der Waals surface area contributed by atoms with Gasteiger partial charge in [0.15, 0.2) is 0 Å². The van der Waals surface area contributed by atoms with E-state index in [9.17, 15) is 4.79 Å². The molecule has 1 aliphatic rings. The van der Waals surface area contributed by atoms with Gasteiger partial charge >= 0.3 is 0 Å². The maximum Gasteiger partial charge on any atom is 0.228 e. The van der Waals surface area contributed by atoms with Crippen LogP contribution in [0.25, 0.3) is 10.7 Å². The number of hydrogen-bond acceptors (Lipinski definition) is 5. The van der Waals surface area contributed by atoms with Crippen LogP contribution in [0.3, 0.4) is 0 Å². The number of rotatable bonds is 3. The fourth-order valence-electron chi connectivity index (χ4n) is 2.42. The number of pyridine rings is 1. The molecule has 6 heteroatoms. The zero-order valence-electron chi connectivity index (χ0n) is 12.0.